The predicted octanol–water partition coefficient (Wildman–Crippen LogP) is 2.67. The number of carbonyl (C=O) groups excluding carboxylic acids is 1. The van der Waals surface area contributed by atoms with Crippen LogP contribution < -0.4 is 0 Å². The summed E-state index contributed by atoms with van der Waals surface area (Å²) >= 11 is 1.29. The lowest BCUT2D eigenvalue weighted by Crippen LogP contribution is -2.35. The molecule has 5 nitrogen and oxygen atoms in total. The van der Waals surface area contributed by atoms with Crippen LogP contribution in [0, 0.1) is 6.92 Å². The average Bonchev–Trinajstić information content (AvgIpc) is 2.86. The first-order valence-corrected chi connectivity index (χ1v) is 7.38. The largest absolute Gasteiger partial charge is 0.480 e. The molecule has 6 heteroatoms. The number of amides is 1. The standard InChI is InChI=1S/C15H16N2O3S/c1-3-17(9-12(18)19)15(20)14-13(16-10(2)21-14)11-7-5-4-6-8-11/h4-8H,3,9H2,1-2H3,(H,18,19). The molecule has 0 saturated carbocycles. The highest BCUT2D eigenvalue weighted by molar-refractivity contribution is 7.14. The zero-order valence-electron chi connectivity index (χ0n) is 11.9. The highest BCUT2D eigenvalue weighted by atomic mass is 32.1. The van der Waals surface area contributed by atoms with E-state index in [1.807, 2.05) is 37.3 Å². The molecule has 0 fully saturated rings. The summed E-state index contributed by atoms with van der Waals surface area (Å²) in [4.78, 5) is 29.6. The van der Waals surface area contributed by atoms with E-state index in [0.29, 0.717) is 17.1 Å². The summed E-state index contributed by atoms with van der Waals surface area (Å²) in [6, 6.07) is 9.44. The Labute approximate surface area is 126 Å². The second-order valence-corrected chi connectivity index (χ2v) is 5.69. The summed E-state index contributed by atoms with van der Waals surface area (Å²) in [5.41, 5.74) is 1.48. The zero-order valence-corrected chi connectivity index (χ0v) is 12.7. The lowest BCUT2D eigenvalue weighted by atomic mass is 10.1. The van der Waals surface area contributed by atoms with E-state index in [1.165, 1.54) is 16.2 Å². The van der Waals surface area contributed by atoms with Crippen LogP contribution in [0.25, 0.3) is 11.3 Å². The number of carboxylic acid groups (broad SMARTS) is 1. The fourth-order valence-corrected chi connectivity index (χ4v) is 2.91. The number of rotatable bonds is 5. The van der Waals surface area contributed by atoms with Gasteiger partial charge in [-0.25, -0.2) is 4.98 Å². The van der Waals surface area contributed by atoms with Crippen LogP contribution in [0.15, 0.2) is 30.3 Å². The van der Waals surface area contributed by atoms with E-state index < -0.39 is 5.97 Å². The van der Waals surface area contributed by atoms with E-state index in [9.17, 15) is 9.59 Å². The Balaban J connectivity index is 2.40. The molecule has 2 rings (SSSR count). The Bertz CT molecular complexity index is 652. The predicted molar refractivity (Wildman–Crippen MR) is 81.5 cm³/mol. The van der Waals surface area contributed by atoms with Gasteiger partial charge in [-0.2, -0.15) is 0 Å². The van der Waals surface area contributed by atoms with Gasteiger partial charge in [0.15, 0.2) is 0 Å². The molecule has 0 aliphatic carbocycles. The van der Waals surface area contributed by atoms with Gasteiger partial charge in [0.2, 0.25) is 0 Å². The minimum absolute atomic E-state index is 0.288. The summed E-state index contributed by atoms with van der Waals surface area (Å²) in [7, 11) is 0. The molecule has 110 valence electrons. The van der Waals surface area contributed by atoms with Gasteiger partial charge in [0.25, 0.3) is 5.91 Å². The molecule has 2 aromatic rings. The maximum atomic E-state index is 12.6. The summed E-state index contributed by atoms with van der Waals surface area (Å²) in [6.45, 7) is 3.63. The minimum Gasteiger partial charge on any atom is -0.480 e. The summed E-state index contributed by atoms with van der Waals surface area (Å²) in [5.74, 6) is -1.31. The zero-order chi connectivity index (χ0) is 15.4. The van der Waals surface area contributed by atoms with Crippen LogP contribution in [0.2, 0.25) is 0 Å². The van der Waals surface area contributed by atoms with Gasteiger partial charge in [0.05, 0.1) is 10.7 Å². The van der Waals surface area contributed by atoms with Crippen molar-refractivity contribution in [3.05, 3.63) is 40.2 Å². The molecule has 0 radical (unpaired) electrons. The van der Waals surface area contributed by atoms with Gasteiger partial charge in [-0.15, -0.1) is 11.3 Å². The van der Waals surface area contributed by atoms with Gasteiger partial charge in [-0.05, 0) is 13.8 Å². The van der Waals surface area contributed by atoms with Crippen LogP contribution in [0.5, 0.6) is 0 Å². The molecule has 1 amide bonds. The number of hydrogen-bond acceptors (Lipinski definition) is 4. The molecule has 0 bridgehead atoms. The van der Waals surface area contributed by atoms with Crippen molar-refractivity contribution in [1.29, 1.82) is 0 Å². The number of carboxylic acids is 1. The molecule has 0 saturated heterocycles. The van der Waals surface area contributed by atoms with Crippen LogP contribution in [0.1, 0.15) is 21.6 Å². The first kappa shape index (κ1) is 15.2. The van der Waals surface area contributed by atoms with E-state index in [-0.39, 0.29) is 12.5 Å². The Kier molecular flexibility index (Phi) is 4.70. The number of likely N-dealkylation sites (N-methyl/N-ethyl adjacent to an activating group) is 1. The SMILES string of the molecule is CCN(CC(=O)O)C(=O)c1sc(C)nc1-c1ccccc1. The van der Waals surface area contributed by atoms with Crippen molar-refractivity contribution in [3.63, 3.8) is 0 Å². The van der Waals surface area contributed by atoms with E-state index in [4.69, 9.17) is 5.11 Å². The lowest BCUT2D eigenvalue weighted by Gasteiger charge is -2.18. The van der Waals surface area contributed by atoms with Crippen molar-refractivity contribution in [2.24, 2.45) is 0 Å². The second-order valence-electron chi connectivity index (χ2n) is 4.49. The molecule has 1 heterocycles. The molecule has 21 heavy (non-hydrogen) atoms. The van der Waals surface area contributed by atoms with Crippen LogP contribution in [0.3, 0.4) is 0 Å². The molecule has 1 aromatic heterocycles. The number of benzene rings is 1. The minimum atomic E-state index is -1.02. The summed E-state index contributed by atoms with van der Waals surface area (Å²) in [6.07, 6.45) is 0. The number of thiazole rings is 1. The Hall–Kier alpha value is -2.21. The van der Waals surface area contributed by atoms with Crippen LogP contribution in [-0.2, 0) is 4.79 Å². The summed E-state index contributed by atoms with van der Waals surface area (Å²) in [5, 5.41) is 9.68. The fourth-order valence-electron chi connectivity index (χ4n) is 2.00. The first-order valence-electron chi connectivity index (χ1n) is 6.56. The van der Waals surface area contributed by atoms with Crippen molar-refractivity contribution in [2.75, 3.05) is 13.1 Å². The van der Waals surface area contributed by atoms with Gasteiger partial charge in [0.1, 0.15) is 11.4 Å². The molecule has 0 aliphatic rings. The topological polar surface area (TPSA) is 70.5 Å². The highest BCUT2D eigenvalue weighted by Gasteiger charge is 2.23. The third-order valence-electron chi connectivity index (χ3n) is 2.97. The first-order chi connectivity index (χ1) is 10.0. The van der Waals surface area contributed by atoms with E-state index in [2.05, 4.69) is 4.98 Å². The Morgan fingerprint density at radius 3 is 2.52 bits per heavy atom. The highest BCUT2D eigenvalue weighted by Crippen LogP contribution is 2.29. The number of aromatic nitrogens is 1. The maximum Gasteiger partial charge on any atom is 0.323 e. The van der Waals surface area contributed by atoms with Crippen molar-refractivity contribution in [1.82, 2.24) is 9.88 Å². The third-order valence-corrected chi connectivity index (χ3v) is 3.93. The van der Waals surface area contributed by atoms with Gasteiger partial charge < -0.3 is 10.0 Å². The third kappa shape index (κ3) is 3.46. The van der Waals surface area contributed by atoms with Gasteiger partial charge in [-0.3, -0.25) is 9.59 Å². The quantitative estimate of drug-likeness (QED) is 0.922. The van der Waals surface area contributed by atoms with E-state index >= 15 is 0 Å². The van der Waals surface area contributed by atoms with Crippen molar-refractivity contribution >= 4 is 23.2 Å². The van der Waals surface area contributed by atoms with Crippen LogP contribution in [0.4, 0.5) is 0 Å². The molecule has 1 aromatic carbocycles. The molecular formula is C15H16N2O3S. The number of carbonyl (C=O) groups is 2. The van der Waals surface area contributed by atoms with E-state index in [0.717, 1.165) is 10.6 Å². The van der Waals surface area contributed by atoms with Crippen LogP contribution >= 0.6 is 11.3 Å². The molecule has 0 atom stereocenters. The van der Waals surface area contributed by atoms with Crippen molar-refractivity contribution < 1.29 is 14.7 Å². The molecule has 0 unspecified atom stereocenters. The van der Waals surface area contributed by atoms with Crippen molar-refractivity contribution in [3.8, 4) is 11.3 Å². The number of nitrogens with zero attached hydrogens (tertiary/aromatic N) is 2. The normalized spacial score (nSPS) is 10.4. The number of aliphatic carboxylic acids is 1. The number of hydrogen-bond donors (Lipinski definition) is 1. The molecule has 0 aliphatic heterocycles. The number of aryl methyl sites for hydroxylation is 1. The van der Waals surface area contributed by atoms with Crippen LogP contribution in [-0.4, -0.2) is 40.0 Å². The molecule has 0 spiro atoms. The lowest BCUT2D eigenvalue weighted by molar-refractivity contribution is -0.137. The Morgan fingerprint density at radius 1 is 1.29 bits per heavy atom. The Morgan fingerprint density at radius 2 is 1.95 bits per heavy atom. The van der Waals surface area contributed by atoms with Gasteiger partial charge in [-0.1, -0.05) is 30.3 Å². The molecule has 1 N–H and O–H groups in total. The average molecular weight is 304 g/mol. The summed E-state index contributed by atoms with van der Waals surface area (Å²) < 4.78 is 0. The van der Waals surface area contributed by atoms with Gasteiger partial charge >= 0.3 is 5.97 Å². The molecular weight excluding hydrogens is 288 g/mol. The smallest absolute Gasteiger partial charge is 0.323 e. The second kappa shape index (κ2) is 6.49. The maximum absolute atomic E-state index is 12.6. The van der Waals surface area contributed by atoms with Crippen molar-refractivity contribution in [2.45, 2.75) is 13.8 Å². The van der Waals surface area contributed by atoms with E-state index in [1.54, 1.807) is 6.92 Å². The fraction of sp³-hybridized carbons (Fsp3) is 0.267. The monoisotopic (exact) mass is 304 g/mol. The van der Waals surface area contributed by atoms with Gasteiger partial charge in [0, 0.05) is 12.1 Å².